The zero-order valence-electron chi connectivity index (χ0n) is 31.9. The van der Waals surface area contributed by atoms with Crippen LogP contribution in [0.5, 0.6) is 0 Å². The van der Waals surface area contributed by atoms with E-state index in [-0.39, 0.29) is 82.2 Å². The molecule has 0 unspecified atom stereocenters. The molecule has 8 nitrogen and oxygen atoms in total. The van der Waals surface area contributed by atoms with Gasteiger partial charge in [-0.05, 0) is 86.5 Å². The van der Waals surface area contributed by atoms with Crippen LogP contribution in [0.15, 0.2) is 142 Å². The molecule has 0 aromatic rings. The third-order valence-corrected chi connectivity index (χ3v) is 5.80. The standard InChI is InChI=1S/C22H30O4.C18H22O4.2Na/c1-7-25-21(23)19(5)15-11-14-17(3)12-9-10-13-18(4)16-20(6)22(24)26-8-2;1-13(10-7-11-15(3)17(19)20)8-5-6-9-14(2)12-16(4)18(21)22;;/h9-16H,7-8H2,1-6H3;5-12H,1-4H3,(H,19,20)(H,21,22);;/q;;2*+1/p-2/b10-9+,14-11+,17-12+,18-13+,19-15+,20-16+;6-5+,10-7+,13-8+,14-9+,15-11+,16-12+;;. The van der Waals surface area contributed by atoms with Gasteiger partial charge in [0.15, 0.2) is 0 Å². The summed E-state index contributed by atoms with van der Waals surface area (Å²) >= 11 is 0. The Labute approximate surface area is 343 Å². The fourth-order valence-electron chi connectivity index (χ4n) is 3.15. The Kier molecular flexibility index (Phi) is 35.3. The number of rotatable bonds is 16. The van der Waals surface area contributed by atoms with E-state index >= 15 is 0 Å². The van der Waals surface area contributed by atoms with Gasteiger partial charge in [-0.25, -0.2) is 9.59 Å². The summed E-state index contributed by atoms with van der Waals surface area (Å²) in [4.78, 5) is 44.0. The third kappa shape index (κ3) is 30.8. The summed E-state index contributed by atoms with van der Waals surface area (Å²) in [5, 5.41) is 21.0. The number of carboxylic acid groups (broad SMARTS) is 2. The van der Waals surface area contributed by atoms with E-state index in [0.717, 1.165) is 22.3 Å². The van der Waals surface area contributed by atoms with Crippen LogP contribution >= 0.6 is 0 Å². The monoisotopic (exact) mass is 704 g/mol. The summed E-state index contributed by atoms with van der Waals surface area (Å²) in [6, 6.07) is 0. The number of carbonyl (C=O) groups excluding carboxylic acids is 4. The molecule has 0 aromatic heterocycles. The minimum Gasteiger partial charge on any atom is -0.545 e. The Morgan fingerprint density at radius 3 is 1.12 bits per heavy atom. The summed E-state index contributed by atoms with van der Waals surface area (Å²) in [5.41, 5.74) is 5.21. The van der Waals surface area contributed by atoms with Gasteiger partial charge in [0.1, 0.15) is 0 Å². The van der Waals surface area contributed by atoms with Crippen molar-refractivity contribution in [1.29, 1.82) is 0 Å². The second kappa shape index (κ2) is 32.9. The first-order valence-corrected chi connectivity index (χ1v) is 15.4. The smallest absolute Gasteiger partial charge is 0.545 e. The fourth-order valence-corrected chi connectivity index (χ4v) is 3.15. The fraction of sp³-hybridized carbons (Fsp3) is 0.300. The first-order chi connectivity index (χ1) is 22.5. The number of ether oxygens (including phenoxy) is 2. The minimum absolute atomic E-state index is 0. The number of hydrogen-bond acceptors (Lipinski definition) is 8. The van der Waals surface area contributed by atoms with Gasteiger partial charge in [0.25, 0.3) is 0 Å². The van der Waals surface area contributed by atoms with Gasteiger partial charge in [0.2, 0.25) is 0 Å². The molecule has 0 rings (SSSR count). The molecule has 0 aliphatic heterocycles. The van der Waals surface area contributed by atoms with E-state index in [0.29, 0.717) is 24.4 Å². The van der Waals surface area contributed by atoms with Gasteiger partial charge in [-0.2, -0.15) is 0 Å². The summed E-state index contributed by atoms with van der Waals surface area (Å²) in [5.74, 6) is -2.97. The molecule has 0 saturated carbocycles. The number of carbonyl (C=O) groups is 4. The summed E-state index contributed by atoms with van der Waals surface area (Å²) in [7, 11) is 0. The van der Waals surface area contributed by atoms with Crippen LogP contribution in [0.25, 0.3) is 0 Å². The molecule has 0 aliphatic rings. The van der Waals surface area contributed by atoms with Crippen molar-refractivity contribution in [2.75, 3.05) is 13.2 Å². The Balaban J connectivity index is -0.000000412. The summed E-state index contributed by atoms with van der Waals surface area (Å²) in [6.07, 6.45) is 28.6. The largest absolute Gasteiger partial charge is 1.00 e. The number of esters is 2. The van der Waals surface area contributed by atoms with Crippen LogP contribution in [-0.2, 0) is 28.7 Å². The van der Waals surface area contributed by atoms with Crippen molar-refractivity contribution in [2.45, 2.75) is 69.2 Å². The third-order valence-electron chi connectivity index (χ3n) is 5.80. The van der Waals surface area contributed by atoms with E-state index in [4.69, 9.17) is 9.47 Å². The normalized spacial score (nSPS) is 14.0. The van der Waals surface area contributed by atoms with Crippen LogP contribution in [0.4, 0.5) is 0 Å². The number of allylic oxidation sites excluding steroid dienone is 20. The van der Waals surface area contributed by atoms with Crippen molar-refractivity contribution >= 4 is 23.9 Å². The minimum atomic E-state index is -1.19. The van der Waals surface area contributed by atoms with Crippen molar-refractivity contribution in [3.05, 3.63) is 142 Å². The number of aliphatic carboxylic acids is 2. The van der Waals surface area contributed by atoms with Crippen LogP contribution in [-0.4, -0.2) is 37.1 Å². The molecule has 0 bridgehead atoms. The molecule has 0 N–H and O–H groups in total. The predicted octanol–water partition coefficient (Wildman–Crippen LogP) is 0.402. The first kappa shape index (κ1) is 53.6. The van der Waals surface area contributed by atoms with Gasteiger partial charge >= 0.3 is 71.1 Å². The van der Waals surface area contributed by atoms with Gasteiger partial charge in [-0.15, -0.1) is 0 Å². The molecule has 0 radical (unpaired) electrons. The maximum absolute atomic E-state index is 11.5. The molecule has 0 aromatic carbocycles. The molecular weight excluding hydrogens is 654 g/mol. The van der Waals surface area contributed by atoms with E-state index in [1.807, 2.05) is 63.3 Å². The van der Waals surface area contributed by atoms with E-state index in [1.165, 1.54) is 26.0 Å². The molecule has 50 heavy (non-hydrogen) atoms. The molecule has 0 amide bonds. The van der Waals surface area contributed by atoms with Gasteiger partial charge in [-0.3, -0.25) is 0 Å². The molecule has 0 aliphatic carbocycles. The average molecular weight is 705 g/mol. The van der Waals surface area contributed by atoms with Gasteiger partial charge in [0, 0.05) is 11.1 Å². The van der Waals surface area contributed by atoms with Crippen LogP contribution in [0.3, 0.4) is 0 Å². The summed E-state index contributed by atoms with van der Waals surface area (Å²) in [6.45, 7) is 18.3. The quantitative estimate of drug-likeness (QED) is 0.0977. The summed E-state index contributed by atoms with van der Waals surface area (Å²) < 4.78 is 9.85. The number of carboxylic acids is 2. The predicted molar refractivity (Wildman–Crippen MR) is 190 cm³/mol. The van der Waals surface area contributed by atoms with Gasteiger partial charge in [-0.1, -0.05) is 113 Å². The van der Waals surface area contributed by atoms with Gasteiger partial charge < -0.3 is 29.3 Å². The topological polar surface area (TPSA) is 133 Å². The van der Waals surface area contributed by atoms with E-state index in [9.17, 15) is 29.4 Å². The van der Waals surface area contributed by atoms with Crippen molar-refractivity contribution < 1.29 is 98.0 Å². The zero-order chi connectivity index (χ0) is 37.1. The molecular formula is C40H50Na2O8. The maximum atomic E-state index is 11.5. The molecule has 0 saturated heterocycles. The Morgan fingerprint density at radius 2 is 0.760 bits per heavy atom. The van der Waals surface area contributed by atoms with E-state index in [1.54, 1.807) is 77.2 Å². The Morgan fingerprint density at radius 1 is 0.440 bits per heavy atom. The van der Waals surface area contributed by atoms with Crippen LogP contribution in [0, 0.1) is 0 Å². The van der Waals surface area contributed by atoms with Crippen LogP contribution < -0.4 is 69.3 Å². The molecule has 0 heterocycles. The zero-order valence-corrected chi connectivity index (χ0v) is 35.9. The van der Waals surface area contributed by atoms with E-state index in [2.05, 4.69) is 0 Å². The molecule has 0 fully saturated rings. The molecule has 0 atom stereocenters. The first-order valence-electron chi connectivity index (χ1n) is 15.4. The van der Waals surface area contributed by atoms with Crippen LogP contribution in [0.2, 0.25) is 0 Å². The maximum Gasteiger partial charge on any atom is 1.00 e. The van der Waals surface area contributed by atoms with Gasteiger partial charge in [0.05, 0.1) is 25.2 Å². The Bertz CT molecular complexity index is 1490. The second-order valence-electron chi connectivity index (χ2n) is 10.5. The Hall–Kier alpha value is -3.24. The van der Waals surface area contributed by atoms with Crippen molar-refractivity contribution in [2.24, 2.45) is 0 Å². The van der Waals surface area contributed by atoms with Crippen molar-refractivity contribution in [1.82, 2.24) is 0 Å². The SMILES string of the molecule is CC(/C=C/C=C(\C)C(=O)[O-])=C\C=C\C=C(C)\C=C(/C)C(=O)[O-].CCOC(=O)/C(C)=C/C=C/C(C)=C/C=C/C=C(C)/C=C(\C)C(=O)OCC.[Na+].[Na+]. The van der Waals surface area contributed by atoms with Crippen molar-refractivity contribution in [3.8, 4) is 0 Å². The average Bonchev–Trinajstić information content (AvgIpc) is 3.01. The van der Waals surface area contributed by atoms with Crippen LogP contribution in [0.1, 0.15) is 69.2 Å². The van der Waals surface area contributed by atoms with Crippen molar-refractivity contribution in [3.63, 3.8) is 0 Å². The second-order valence-corrected chi connectivity index (χ2v) is 10.5. The van der Waals surface area contributed by atoms with E-state index < -0.39 is 11.9 Å². The molecule has 10 heteroatoms. The number of hydrogen-bond donors (Lipinski definition) is 0. The molecule has 260 valence electrons. The molecule has 0 spiro atoms.